The first-order chi connectivity index (χ1) is 12.5. The molecule has 0 bridgehead atoms. The molecule has 0 aliphatic carbocycles. The molecule has 1 rings (SSSR count). The number of nitrogens with zero attached hydrogens (tertiary/aromatic N) is 3. The van der Waals surface area contributed by atoms with E-state index in [4.69, 9.17) is 41.4 Å². The quantitative estimate of drug-likeness (QED) is 0.273. The van der Waals surface area contributed by atoms with Crippen LogP contribution in [0.3, 0.4) is 0 Å². The van der Waals surface area contributed by atoms with Gasteiger partial charge in [-0.25, -0.2) is 0 Å². The van der Waals surface area contributed by atoms with Gasteiger partial charge in [0.1, 0.15) is 0 Å². The van der Waals surface area contributed by atoms with Gasteiger partial charge in [-0.15, -0.1) is 0 Å². The third-order valence-corrected chi connectivity index (χ3v) is 4.13. The summed E-state index contributed by atoms with van der Waals surface area (Å²) >= 11 is 15.6. The summed E-state index contributed by atoms with van der Waals surface area (Å²) in [5.74, 6) is 1.63. The molecule has 0 spiro atoms. The molecule has 0 atom stereocenters. The molecule has 0 aliphatic rings. The molecule has 0 aliphatic heterocycles. The SMILES string of the molecule is CCN(CC)CCN(CC[S-])CC[S-].O=[N+]([O-])c1ccc([S-])cc1.[O]=[99Tc+3]. The van der Waals surface area contributed by atoms with Crippen LogP contribution in [0.15, 0.2) is 29.2 Å². The van der Waals surface area contributed by atoms with Gasteiger partial charge in [-0.3, -0.25) is 10.1 Å². The number of hydrogen-bond acceptors (Lipinski definition) is 8. The molecule has 0 saturated carbocycles. The monoisotopic (exact) mass is 503 g/mol. The summed E-state index contributed by atoms with van der Waals surface area (Å²) < 4.78 is 8.22. The zero-order chi connectivity index (χ0) is 20.4. The van der Waals surface area contributed by atoms with Crippen LogP contribution >= 0.6 is 0 Å². The zero-order valence-electron chi connectivity index (χ0n) is 15.1. The molecule has 0 unspecified atom stereocenters. The number of hydrogen-bond donors (Lipinski definition) is 0. The van der Waals surface area contributed by atoms with Crippen molar-refractivity contribution in [2.75, 3.05) is 50.8 Å². The van der Waals surface area contributed by atoms with Crippen molar-refractivity contribution in [3.8, 4) is 0 Å². The van der Waals surface area contributed by atoms with E-state index < -0.39 is 4.92 Å². The number of benzene rings is 1. The van der Waals surface area contributed by atoms with E-state index in [0.717, 1.165) is 69.6 Å². The second-order valence-electron chi connectivity index (χ2n) is 5.03. The average Bonchev–Trinajstić information content (AvgIpc) is 2.65. The van der Waals surface area contributed by atoms with E-state index in [1.165, 1.54) is 24.3 Å². The number of rotatable bonds is 10. The predicted octanol–water partition coefficient (Wildman–Crippen LogP) is 2.10. The van der Waals surface area contributed by atoms with Gasteiger partial charge in [0.25, 0.3) is 5.69 Å². The van der Waals surface area contributed by atoms with Gasteiger partial charge in [0.2, 0.25) is 0 Å². The Kier molecular flexibility index (Phi) is 21.3. The van der Waals surface area contributed by atoms with Gasteiger partial charge in [0.15, 0.2) is 0 Å². The number of non-ortho nitro benzene ring substituents is 1. The number of nitro groups is 1. The molecule has 0 heterocycles. The van der Waals surface area contributed by atoms with Gasteiger partial charge in [0, 0.05) is 25.2 Å². The minimum absolute atomic E-state index is 0.0774. The molecule has 10 heteroatoms. The van der Waals surface area contributed by atoms with Crippen LogP contribution < -0.4 is 0 Å². The molecule has 1 aromatic rings. The van der Waals surface area contributed by atoms with Crippen molar-refractivity contribution >= 4 is 43.6 Å². The zero-order valence-corrected chi connectivity index (χ0v) is 19.4. The predicted molar refractivity (Wildman–Crippen MR) is 108 cm³/mol. The Morgan fingerprint density at radius 1 is 0.923 bits per heavy atom. The van der Waals surface area contributed by atoms with Crippen LogP contribution in [0.25, 0.3) is 0 Å². The average molecular weight is 504 g/mol. The number of likely N-dealkylation sites (N-methyl/N-ethyl adjacent to an activating group) is 1. The van der Waals surface area contributed by atoms with Crippen LogP contribution in [-0.2, 0) is 60.2 Å². The minimum atomic E-state index is -0.450. The first-order valence-electron chi connectivity index (χ1n) is 8.16. The first-order valence-corrected chi connectivity index (χ1v) is 10.5. The second-order valence-corrected chi connectivity index (χ2v) is 6.32. The van der Waals surface area contributed by atoms with E-state index >= 15 is 0 Å². The van der Waals surface area contributed by atoms with Gasteiger partial charge in [-0.1, -0.05) is 26.0 Å². The van der Waals surface area contributed by atoms with Gasteiger partial charge < -0.3 is 47.7 Å². The third-order valence-electron chi connectivity index (χ3n) is 3.49. The topological polar surface area (TPSA) is 66.7 Å². The Bertz CT molecular complexity index is 460. The summed E-state index contributed by atoms with van der Waals surface area (Å²) in [6.45, 7) is 10.9. The molecule has 0 aromatic heterocycles. The normalized spacial score (nSPS) is 9.88. The van der Waals surface area contributed by atoms with Crippen LogP contribution in [0, 0.1) is 10.1 Å². The van der Waals surface area contributed by atoms with Crippen molar-refractivity contribution in [2.24, 2.45) is 0 Å². The van der Waals surface area contributed by atoms with Crippen molar-refractivity contribution in [1.29, 1.82) is 0 Å². The maximum atomic E-state index is 10.1. The molecule has 0 saturated heterocycles. The Hall–Kier alpha value is -0.0906. The van der Waals surface area contributed by atoms with E-state index in [2.05, 4.69) is 23.6 Å². The van der Waals surface area contributed by atoms with Crippen LogP contribution in [0.4, 0.5) is 5.69 Å². The van der Waals surface area contributed by atoms with E-state index in [1.807, 2.05) is 0 Å². The Morgan fingerprint density at radius 3 is 1.69 bits per heavy atom. The van der Waals surface area contributed by atoms with Crippen LogP contribution in [0.5, 0.6) is 0 Å². The fourth-order valence-electron chi connectivity index (χ4n) is 1.98. The van der Waals surface area contributed by atoms with Gasteiger partial charge in [-0.2, -0.15) is 16.4 Å². The van der Waals surface area contributed by atoms with Crippen LogP contribution in [-0.4, -0.2) is 65.5 Å². The summed E-state index contributed by atoms with van der Waals surface area (Å²) in [6.07, 6.45) is 0. The number of nitro benzene ring substituents is 1. The molecule has 26 heavy (non-hydrogen) atoms. The molecular formula is C16H26N3O3S3Tc. The fourth-order valence-corrected chi connectivity index (χ4v) is 2.64. The molecule has 148 valence electrons. The van der Waals surface area contributed by atoms with Crippen molar-refractivity contribution in [3.63, 3.8) is 0 Å². The van der Waals surface area contributed by atoms with Gasteiger partial charge >= 0.3 is 22.4 Å². The van der Waals surface area contributed by atoms with E-state index in [1.54, 1.807) is 0 Å². The third kappa shape index (κ3) is 15.0. The molecule has 0 fully saturated rings. The fraction of sp³-hybridized carbons (Fsp3) is 0.625. The van der Waals surface area contributed by atoms with E-state index in [-0.39, 0.29) is 5.69 Å². The molecule has 6 nitrogen and oxygen atoms in total. The summed E-state index contributed by atoms with van der Waals surface area (Å²) in [7, 11) is 0. The molecular weight excluding hydrogens is 477 g/mol. The standard InChI is InChI=1S/C10H24N2S2.C6H5NO2S.O.Tc/c1-3-11(4-2)5-6-12(7-9-13)8-10-14;8-7(9)5-1-3-6(10)4-2-5;;/h13-14H,3-10H2,1-2H3;1-4,10H;;/q;;;+3/p-3/i;;;1+1. The molecule has 0 amide bonds. The Balaban J connectivity index is 0. The Morgan fingerprint density at radius 2 is 1.35 bits per heavy atom. The van der Waals surface area contributed by atoms with Crippen molar-refractivity contribution < 1.29 is 27.3 Å². The van der Waals surface area contributed by atoms with Crippen molar-refractivity contribution in [1.82, 2.24) is 9.80 Å². The van der Waals surface area contributed by atoms with Crippen molar-refractivity contribution in [3.05, 3.63) is 34.4 Å². The Labute approximate surface area is 183 Å². The second kappa shape index (κ2) is 19.7. The molecule has 0 radical (unpaired) electrons. The molecule has 0 N–H and O–H groups in total. The van der Waals surface area contributed by atoms with Crippen LogP contribution in [0.1, 0.15) is 13.8 Å². The van der Waals surface area contributed by atoms with E-state index in [9.17, 15) is 10.1 Å². The van der Waals surface area contributed by atoms with E-state index in [0.29, 0.717) is 4.90 Å². The summed E-state index contributed by atoms with van der Waals surface area (Å²) in [5.41, 5.74) is 0.0774. The van der Waals surface area contributed by atoms with Gasteiger partial charge in [0.05, 0.1) is 4.92 Å². The molecule has 1 aromatic carbocycles. The summed E-state index contributed by atoms with van der Waals surface area (Å²) in [4.78, 5) is 15.1. The summed E-state index contributed by atoms with van der Waals surface area (Å²) in [6, 6.07) is 5.85. The van der Waals surface area contributed by atoms with Crippen molar-refractivity contribution in [2.45, 2.75) is 18.7 Å². The summed E-state index contributed by atoms with van der Waals surface area (Å²) in [5, 5.41) is 10.1. The maximum absolute atomic E-state index is 10.1. The van der Waals surface area contributed by atoms with Gasteiger partial charge in [-0.05, 0) is 26.2 Å². The van der Waals surface area contributed by atoms with Crippen LogP contribution in [0.2, 0.25) is 0 Å². The first kappa shape index (κ1) is 28.1.